The van der Waals surface area contributed by atoms with Crippen LogP contribution in [-0.4, -0.2) is 19.4 Å². The highest BCUT2D eigenvalue weighted by atomic mass is 16.5. The summed E-state index contributed by atoms with van der Waals surface area (Å²) < 4.78 is 4.67. The van der Waals surface area contributed by atoms with Crippen LogP contribution in [0.5, 0.6) is 0 Å². The fraction of sp³-hybridized carbons (Fsp3) is 0.0667. The predicted molar refractivity (Wildman–Crippen MR) is 70.4 cm³/mol. The quantitative estimate of drug-likeness (QED) is 0.470. The summed E-state index contributed by atoms with van der Waals surface area (Å²) >= 11 is 0. The van der Waals surface area contributed by atoms with Crippen LogP contribution in [-0.2, 0) is 9.53 Å². The number of hydrogen-bond acceptors (Lipinski definition) is 3. The van der Waals surface area contributed by atoms with Gasteiger partial charge in [0.2, 0.25) is 0 Å². The van der Waals surface area contributed by atoms with Crippen molar-refractivity contribution in [3.63, 3.8) is 0 Å². The SMILES string of the molecule is COC(=O)c1ccc2cc(C=CC=O)ccc2c1. The Kier molecular flexibility index (Phi) is 3.53. The van der Waals surface area contributed by atoms with Crippen LogP contribution in [0.3, 0.4) is 0 Å². The molecule has 0 N–H and O–H groups in total. The molecule has 0 radical (unpaired) electrons. The van der Waals surface area contributed by atoms with E-state index in [2.05, 4.69) is 4.74 Å². The topological polar surface area (TPSA) is 43.4 Å². The van der Waals surface area contributed by atoms with Crippen molar-refractivity contribution < 1.29 is 14.3 Å². The lowest BCUT2D eigenvalue weighted by molar-refractivity contribution is -0.104. The van der Waals surface area contributed by atoms with E-state index < -0.39 is 0 Å². The number of rotatable bonds is 3. The molecule has 90 valence electrons. The second kappa shape index (κ2) is 5.27. The first-order chi connectivity index (χ1) is 8.74. The average Bonchev–Trinajstić information content (AvgIpc) is 2.43. The Balaban J connectivity index is 2.44. The number of methoxy groups -OCH3 is 1. The van der Waals surface area contributed by atoms with Gasteiger partial charge in [-0.25, -0.2) is 4.79 Å². The maximum absolute atomic E-state index is 11.4. The lowest BCUT2D eigenvalue weighted by atomic mass is 10.0. The zero-order chi connectivity index (χ0) is 13.0. The van der Waals surface area contributed by atoms with Crippen LogP contribution >= 0.6 is 0 Å². The molecule has 0 heterocycles. The number of hydrogen-bond donors (Lipinski definition) is 0. The first kappa shape index (κ1) is 12.0. The number of carbonyl (C=O) groups excluding carboxylic acids is 2. The van der Waals surface area contributed by atoms with E-state index in [-0.39, 0.29) is 5.97 Å². The molecule has 0 aliphatic carbocycles. The van der Waals surface area contributed by atoms with Gasteiger partial charge in [0.25, 0.3) is 0 Å². The Morgan fingerprint density at radius 2 is 1.83 bits per heavy atom. The minimum atomic E-state index is -0.346. The number of allylic oxidation sites excluding steroid dienone is 1. The molecule has 0 bridgehead atoms. The molecule has 0 amide bonds. The van der Waals surface area contributed by atoms with Crippen molar-refractivity contribution in [2.45, 2.75) is 0 Å². The van der Waals surface area contributed by atoms with E-state index in [0.29, 0.717) is 5.56 Å². The van der Waals surface area contributed by atoms with E-state index in [0.717, 1.165) is 22.6 Å². The van der Waals surface area contributed by atoms with E-state index >= 15 is 0 Å². The van der Waals surface area contributed by atoms with E-state index in [4.69, 9.17) is 0 Å². The monoisotopic (exact) mass is 240 g/mol. The van der Waals surface area contributed by atoms with E-state index in [9.17, 15) is 9.59 Å². The van der Waals surface area contributed by atoms with Gasteiger partial charge in [-0.15, -0.1) is 0 Å². The molecule has 0 saturated heterocycles. The van der Waals surface area contributed by atoms with E-state index in [1.54, 1.807) is 18.2 Å². The molecule has 3 nitrogen and oxygen atoms in total. The van der Waals surface area contributed by atoms with Crippen molar-refractivity contribution in [1.29, 1.82) is 0 Å². The second-order valence-corrected chi connectivity index (χ2v) is 3.81. The van der Waals surface area contributed by atoms with Gasteiger partial charge in [-0.05, 0) is 40.6 Å². The van der Waals surface area contributed by atoms with Gasteiger partial charge >= 0.3 is 5.97 Å². The summed E-state index contributed by atoms with van der Waals surface area (Å²) in [5.74, 6) is -0.346. The molecule has 3 heteroatoms. The van der Waals surface area contributed by atoms with Gasteiger partial charge < -0.3 is 4.74 Å². The minimum absolute atomic E-state index is 0.346. The van der Waals surface area contributed by atoms with Crippen molar-refractivity contribution in [1.82, 2.24) is 0 Å². The van der Waals surface area contributed by atoms with E-state index in [1.165, 1.54) is 13.2 Å². The summed E-state index contributed by atoms with van der Waals surface area (Å²) in [6, 6.07) is 11.1. The third-order valence-electron chi connectivity index (χ3n) is 2.65. The van der Waals surface area contributed by atoms with Crippen molar-refractivity contribution in [3.8, 4) is 0 Å². The highest BCUT2D eigenvalue weighted by Crippen LogP contribution is 2.19. The van der Waals surface area contributed by atoms with Crippen LogP contribution in [0.2, 0.25) is 0 Å². The Bertz CT molecular complexity index is 627. The minimum Gasteiger partial charge on any atom is -0.465 e. The molecular weight excluding hydrogens is 228 g/mol. The van der Waals surface area contributed by atoms with E-state index in [1.807, 2.05) is 24.3 Å². The van der Waals surface area contributed by atoms with Crippen molar-refractivity contribution >= 4 is 29.1 Å². The molecule has 0 atom stereocenters. The lowest BCUT2D eigenvalue weighted by Gasteiger charge is -2.03. The lowest BCUT2D eigenvalue weighted by Crippen LogP contribution is -2.00. The number of ether oxygens (including phenoxy) is 1. The predicted octanol–water partition coefficient (Wildman–Crippen LogP) is 2.84. The standard InChI is InChI=1S/C15H12O3/c1-18-15(17)14-7-6-12-9-11(3-2-8-16)4-5-13(12)10-14/h2-10H,1H3. The molecule has 0 aromatic heterocycles. The first-order valence-electron chi connectivity index (χ1n) is 5.48. The fourth-order valence-corrected chi connectivity index (χ4v) is 1.76. The third-order valence-corrected chi connectivity index (χ3v) is 2.65. The average molecular weight is 240 g/mol. The molecule has 0 unspecified atom stereocenters. The van der Waals surface area contributed by atoms with Crippen LogP contribution in [0.15, 0.2) is 42.5 Å². The van der Waals surface area contributed by atoms with Gasteiger partial charge in [-0.3, -0.25) is 4.79 Å². The van der Waals surface area contributed by atoms with Gasteiger partial charge in [-0.2, -0.15) is 0 Å². The van der Waals surface area contributed by atoms with Crippen molar-refractivity contribution in [2.24, 2.45) is 0 Å². The Hall–Kier alpha value is -2.42. The summed E-state index contributed by atoms with van der Waals surface area (Å²) in [4.78, 5) is 21.6. The van der Waals surface area contributed by atoms with Crippen LogP contribution in [0.4, 0.5) is 0 Å². The second-order valence-electron chi connectivity index (χ2n) is 3.81. The molecule has 0 aliphatic rings. The summed E-state index contributed by atoms with van der Waals surface area (Å²) in [5, 5.41) is 1.97. The molecule has 18 heavy (non-hydrogen) atoms. The van der Waals surface area contributed by atoms with Crippen molar-refractivity contribution in [3.05, 3.63) is 53.6 Å². The van der Waals surface area contributed by atoms with Crippen LogP contribution in [0.1, 0.15) is 15.9 Å². The van der Waals surface area contributed by atoms with Gasteiger partial charge in [0, 0.05) is 0 Å². The maximum atomic E-state index is 11.4. The smallest absolute Gasteiger partial charge is 0.337 e. The zero-order valence-corrected chi connectivity index (χ0v) is 9.92. The maximum Gasteiger partial charge on any atom is 0.337 e. The first-order valence-corrected chi connectivity index (χ1v) is 5.48. The molecule has 0 aliphatic heterocycles. The molecule has 2 aromatic carbocycles. The third kappa shape index (κ3) is 2.46. The number of carbonyl (C=O) groups is 2. The molecule has 2 rings (SSSR count). The van der Waals surface area contributed by atoms with Crippen LogP contribution in [0.25, 0.3) is 16.8 Å². The Morgan fingerprint density at radius 3 is 2.56 bits per heavy atom. The normalized spacial score (nSPS) is 10.7. The van der Waals surface area contributed by atoms with Gasteiger partial charge in [0.05, 0.1) is 12.7 Å². The Labute approximate surface area is 105 Å². The summed E-state index contributed by atoms with van der Waals surface area (Å²) in [6.45, 7) is 0. The van der Waals surface area contributed by atoms with Gasteiger partial charge in [-0.1, -0.05) is 24.3 Å². The Morgan fingerprint density at radius 1 is 1.11 bits per heavy atom. The number of aldehydes is 1. The van der Waals surface area contributed by atoms with Crippen molar-refractivity contribution in [2.75, 3.05) is 7.11 Å². The highest BCUT2D eigenvalue weighted by Gasteiger charge is 2.05. The number of benzene rings is 2. The fourth-order valence-electron chi connectivity index (χ4n) is 1.76. The summed E-state index contributed by atoms with van der Waals surface area (Å²) in [6.07, 6.45) is 3.93. The summed E-state index contributed by atoms with van der Waals surface area (Å²) in [5.41, 5.74) is 1.47. The van der Waals surface area contributed by atoms with Gasteiger partial charge in [0.1, 0.15) is 6.29 Å². The zero-order valence-electron chi connectivity index (χ0n) is 9.92. The van der Waals surface area contributed by atoms with Crippen LogP contribution < -0.4 is 0 Å². The summed E-state index contributed by atoms with van der Waals surface area (Å²) in [7, 11) is 1.36. The molecule has 0 saturated carbocycles. The number of fused-ring (bicyclic) bond motifs is 1. The van der Waals surface area contributed by atoms with Crippen LogP contribution in [0, 0.1) is 0 Å². The van der Waals surface area contributed by atoms with Gasteiger partial charge in [0.15, 0.2) is 0 Å². The number of esters is 1. The molecule has 2 aromatic rings. The largest absolute Gasteiger partial charge is 0.465 e. The molecule has 0 fully saturated rings. The molecular formula is C15H12O3. The molecule has 0 spiro atoms. The highest BCUT2D eigenvalue weighted by molar-refractivity contribution is 5.96.